The van der Waals surface area contributed by atoms with Crippen LogP contribution >= 0.6 is 0 Å². The van der Waals surface area contributed by atoms with E-state index in [9.17, 15) is 4.39 Å². The van der Waals surface area contributed by atoms with Crippen molar-refractivity contribution in [3.05, 3.63) is 71.0 Å². The number of hydrogen-bond acceptors (Lipinski definition) is 1. The first-order chi connectivity index (χ1) is 9.65. The molecule has 0 heterocycles. The molecule has 0 amide bonds. The maximum Gasteiger partial charge on any atom is 0.123 e. The van der Waals surface area contributed by atoms with E-state index in [0.717, 1.165) is 18.4 Å². The lowest BCUT2D eigenvalue weighted by atomic mass is 9.76. The molecule has 20 heavy (non-hydrogen) atoms. The van der Waals surface area contributed by atoms with Gasteiger partial charge in [-0.05, 0) is 55.8 Å². The molecule has 0 aliphatic heterocycles. The first-order valence-electron chi connectivity index (χ1n) is 7.15. The molecule has 0 aromatic heterocycles. The van der Waals surface area contributed by atoms with Crippen LogP contribution in [-0.4, -0.2) is 25.0 Å². The Hall–Kier alpha value is -1.67. The molecule has 0 saturated carbocycles. The van der Waals surface area contributed by atoms with Crippen molar-refractivity contribution in [3.8, 4) is 0 Å². The summed E-state index contributed by atoms with van der Waals surface area (Å²) in [5.41, 5.74) is 3.84. The molecule has 1 aliphatic carbocycles. The number of fused-ring (bicyclic) bond motifs is 1. The molecule has 2 aromatic carbocycles. The van der Waals surface area contributed by atoms with Crippen molar-refractivity contribution >= 4 is 0 Å². The SMILES string of the molecule is CN(C)[C@H]1Cc2ccccc2[C@@H](c2cccc(F)c2)C1. The van der Waals surface area contributed by atoms with Crippen LogP contribution < -0.4 is 0 Å². The Kier molecular flexibility index (Phi) is 3.58. The minimum atomic E-state index is -0.146. The van der Waals surface area contributed by atoms with Crippen molar-refractivity contribution in [2.75, 3.05) is 14.1 Å². The largest absolute Gasteiger partial charge is 0.306 e. The van der Waals surface area contributed by atoms with Gasteiger partial charge in [0.15, 0.2) is 0 Å². The predicted octanol–water partition coefficient (Wildman–Crippen LogP) is 3.83. The third-order valence-corrected chi connectivity index (χ3v) is 4.38. The van der Waals surface area contributed by atoms with Crippen molar-refractivity contribution in [1.82, 2.24) is 4.90 Å². The molecule has 1 aliphatic rings. The average molecular weight is 269 g/mol. The molecular weight excluding hydrogens is 249 g/mol. The molecule has 2 atom stereocenters. The van der Waals surface area contributed by atoms with Crippen molar-refractivity contribution < 1.29 is 4.39 Å². The van der Waals surface area contributed by atoms with Gasteiger partial charge in [0.1, 0.15) is 5.82 Å². The van der Waals surface area contributed by atoms with E-state index in [1.54, 1.807) is 6.07 Å². The molecule has 0 radical (unpaired) electrons. The molecule has 0 spiro atoms. The van der Waals surface area contributed by atoms with Crippen LogP contribution in [0.4, 0.5) is 4.39 Å². The van der Waals surface area contributed by atoms with Gasteiger partial charge in [-0.15, -0.1) is 0 Å². The summed E-state index contributed by atoms with van der Waals surface area (Å²) in [6.07, 6.45) is 2.13. The minimum Gasteiger partial charge on any atom is -0.306 e. The topological polar surface area (TPSA) is 3.24 Å². The summed E-state index contributed by atoms with van der Waals surface area (Å²) in [6.45, 7) is 0. The van der Waals surface area contributed by atoms with Crippen LogP contribution in [0.1, 0.15) is 29.0 Å². The monoisotopic (exact) mass is 269 g/mol. The zero-order valence-electron chi connectivity index (χ0n) is 12.0. The molecule has 0 fully saturated rings. The van der Waals surface area contributed by atoms with Gasteiger partial charge < -0.3 is 4.90 Å². The van der Waals surface area contributed by atoms with Gasteiger partial charge in [-0.3, -0.25) is 0 Å². The maximum absolute atomic E-state index is 13.5. The summed E-state index contributed by atoms with van der Waals surface area (Å²) in [4.78, 5) is 2.28. The Morgan fingerprint density at radius 1 is 1.05 bits per heavy atom. The van der Waals surface area contributed by atoms with Crippen LogP contribution in [0.5, 0.6) is 0 Å². The van der Waals surface area contributed by atoms with Crippen LogP contribution in [-0.2, 0) is 6.42 Å². The van der Waals surface area contributed by atoms with Gasteiger partial charge >= 0.3 is 0 Å². The molecule has 2 heteroatoms. The fourth-order valence-corrected chi connectivity index (χ4v) is 3.23. The minimum absolute atomic E-state index is 0.146. The van der Waals surface area contributed by atoms with Crippen LogP contribution in [0.3, 0.4) is 0 Å². The van der Waals surface area contributed by atoms with Crippen LogP contribution in [0.2, 0.25) is 0 Å². The van der Waals surface area contributed by atoms with Crippen molar-refractivity contribution in [2.45, 2.75) is 24.8 Å². The summed E-state index contributed by atoms with van der Waals surface area (Å²) < 4.78 is 13.5. The van der Waals surface area contributed by atoms with E-state index in [-0.39, 0.29) is 5.82 Å². The predicted molar refractivity (Wildman–Crippen MR) is 80.5 cm³/mol. The van der Waals surface area contributed by atoms with Gasteiger partial charge in [-0.2, -0.15) is 0 Å². The second-order valence-electron chi connectivity index (χ2n) is 5.86. The lowest BCUT2D eigenvalue weighted by molar-refractivity contribution is 0.258. The van der Waals surface area contributed by atoms with Crippen molar-refractivity contribution in [1.29, 1.82) is 0 Å². The quantitative estimate of drug-likeness (QED) is 0.801. The Labute approximate surface area is 120 Å². The van der Waals surface area contributed by atoms with Gasteiger partial charge in [-0.25, -0.2) is 4.39 Å². The van der Waals surface area contributed by atoms with E-state index in [1.165, 1.54) is 17.2 Å². The highest BCUT2D eigenvalue weighted by molar-refractivity contribution is 5.41. The molecule has 0 saturated heterocycles. The van der Waals surface area contributed by atoms with Crippen LogP contribution in [0.15, 0.2) is 48.5 Å². The van der Waals surface area contributed by atoms with Crippen LogP contribution in [0, 0.1) is 5.82 Å². The maximum atomic E-state index is 13.5. The molecule has 1 nitrogen and oxygen atoms in total. The lowest BCUT2D eigenvalue weighted by Gasteiger charge is -2.35. The third kappa shape index (κ3) is 2.48. The van der Waals surface area contributed by atoms with Gasteiger partial charge in [0.25, 0.3) is 0 Å². The summed E-state index contributed by atoms with van der Waals surface area (Å²) in [5, 5.41) is 0. The highest BCUT2D eigenvalue weighted by Crippen LogP contribution is 2.37. The number of benzene rings is 2. The van der Waals surface area contributed by atoms with Gasteiger partial charge in [0, 0.05) is 12.0 Å². The van der Waals surface area contributed by atoms with E-state index in [1.807, 2.05) is 12.1 Å². The number of likely N-dealkylation sites (N-methyl/N-ethyl adjacent to an activating group) is 1. The van der Waals surface area contributed by atoms with E-state index in [2.05, 4.69) is 43.3 Å². The fraction of sp³-hybridized carbons (Fsp3) is 0.333. The smallest absolute Gasteiger partial charge is 0.123 e. The average Bonchev–Trinajstić information content (AvgIpc) is 2.46. The fourth-order valence-electron chi connectivity index (χ4n) is 3.23. The molecule has 0 N–H and O–H groups in total. The standard InChI is InChI=1S/C18H20FN/c1-20(2)16-11-14-6-3-4-9-17(14)18(12-16)13-7-5-8-15(19)10-13/h3-10,16,18H,11-12H2,1-2H3/t16-,18+/m0/s1. The summed E-state index contributed by atoms with van der Waals surface area (Å²) in [6, 6.07) is 16.1. The van der Waals surface area contributed by atoms with Gasteiger partial charge in [0.05, 0.1) is 0 Å². The summed E-state index contributed by atoms with van der Waals surface area (Å²) >= 11 is 0. The second-order valence-corrected chi connectivity index (χ2v) is 5.86. The Morgan fingerprint density at radius 3 is 2.60 bits per heavy atom. The third-order valence-electron chi connectivity index (χ3n) is 4.38. The normalized spacial score (nSPS) is 21.8. The summed E-state index contributed by atoms with van der Waals surface area (Å²) in [5.74, 6) is 0.148. The van der Waals surface area contributed by atoms with E-state index < -0.39 is 0 Å². The highest BCUT2D eigenvalue weighted by Gasteiger charge is 2.28. The molecule has 0 unspecified atom stereocenters. The highest BCUT2D eigenvalue weighted by atomic mass is 19.1. The first-order valence-corrected chi connectivity index (χ1v) is 7.15. The van der Waals surface area contributed by atoms with E-state index >= 15 is 0 Å². The van der Waals surface area contributed by atoms with E-state index in [4.69, 9.17) is 0 Å². The summed E-state index contributed by atoms with van der Waals surface area (Å²) in [7, 11) is 4.25. The van der Waals surface area contributed by atoms with Crippen LogP contribution in [0.25, 0.3) is 0 Å². The zero-order valence-corrected chi connectivity index (χ0v) is 12.0. The number of rotatable bonds is 2. The van der Waals surface area contributed by atoms with Gasteiger partial charge in [-0.1, -0.05) is 36.4 Å². The Bertz CT molecular complexity index is 606. The number of hydrogen-bond donors (Lipinski definition) is 0. The number of halogens is 1. The molecule has 3 rings (SSSR count). The van der Waals surface area contributed by atoms with Crippen molar-refractivity contribution in [3.63, 3.8) is 0 Å². The first kappa shape index (κ1) is 13.3. The van der Waals surface area contributed by atoms with E-state index in [0.29, 0.717) is 12.0 Å². The lowest BCUT2D eigenvalue weighted by Crippen LogP contribution is -2.35. The van der Waals surface area contributed by atoms with Crippen molar-refractivity contribution in [2.24, 2.45) is 0 Å². The second kappa shape index (κ2) is 5.37. The Morgan fingerprint density at radius 2 is 1.85 bits per heavy atom. The molecule has 104 valence electrons. The molecule has 2 aromatic rings. The Balaban J connectivity index is 2.05. The number of nitrogens with zero attached hydrogens (tertiary/aromatic N) is 1. The molecular formula is C18H20FN. The molecule has 0 bridgehead atoms. The van der Waals surface area contributed by atoms with Gasteiger partial charge in [0.2, 0.25) is 0 Å². The zero-order chi connectivity index (χ0) is 14.1.